The van der Waals surface area contributed by atoms with Gasteiger partial charge in [-0.3, -0.25) is 9.69 Å². The molecule has 0 aliphatic carbocycles. The molecule has 0 spiro atoms. The highest BCUT2D eigenvalue weighted by atomic mass is 32.1. The molecule has 2 aromatic heterocycles. The lowest BCUT2D eigenvalue weighted by molar-refractivity contribution is 0.317. The molecule has 2 heterocycles. The van der Waals surface area contributed by atoms with Crippen LogP contribution in [0.3, 0.4) is 0 Å². The summed E-state index contributed by atoms with van der Waals surface area (Å²) in [5, 5.41) is 5.25. The predicted octanol–water partition coefficient (Wildman–Crippen LogP) is 2.09. The van der Waals surface area contributed by atoms with Crippen molar-refractivity contribution in [3.05, 3.63) is 63.0 Å². The lowest BCUT2D eigenvalue weighted by Gasteiger charge is -2.14. The fraction of sp³-hybridized carbons (Fsp3) is 0.267. The Labute approximate surface area is 126 Å². The van der Waals surface area contributed by atoms with Crippen LogP contribution in [0.15, 0.2) is 41.2 Å². The van der Waals surface area contributed by atoms with E-state index in [0.717, 1.165) is 17.2 Å². The van der Waals surface area contributed by atoms with E-state index in [-0.39, 0.29) is 5.56 Å². The normalized spacial score (nSPS) is 11.4. The zero-order valence-electron chi connectivity index (χ0n) is 12.0. The summed E-state index contributed by atoms with van der Waals surface area (Å²) in [5.74, 6) is 0. The van der Waals surface area contributed by atoms with E-state index in [4.69, 9.17) is 0 Å². The summed E-state index contributed by atoms with van der Waals surface area (Å²) < 4.78 is 1.38. The minimum absolute atomic E-state index is 0.120. The smallest absolute Gasteiger partial charge is 0.275 e. The molecule has 0 bridgehead atoms. The zero-order chi connectivity index (χ0) is 14.8. The van der Waals surface area contributed by atoms with Gasteiger partial charge in [-0.25, -0.2) is 4.98 Å². The monoisotopic (exact) mass is 300 g/mol. The van der Waals surface area contributed by atoms with Crippen LogP contribution >= 0.6 is 11.3 Å². The Balaban J connectivity index is 1.79. The molecule has 0 aliphatic heterocycles. The molecular weight excluding hydrogens is 284 g/mol. The minimum Gasteiger partial charge on any atom is -0.295 e. The summed E-state index contributed by atoms with van der Waals surface area (Å²) in [6.07, 6.45) is 0. The van der Waals surface area contributed by atoms with Gasteiger partial charge in [-0.1, -0.05) is 41.7 Å². The molecule has 3 aromatic rings. The van der Waals surface area contributed by atoms with E-state index in [9.17, 15) is 4.79 Å². The van der Waals surface area contributed by atoms with Gasteiger partial charge in [-0.05, 0) is 19.5 Å². The molecule has 6 heteroatoms. The Morgan fingerprint density at radius 1 is 1.24 bits per heavy atom. The third kappa shape index (κ3) is 3.17. The second kappa shape index (κ2) is 5.75. The number of rotatable bonds is 4. The number of nitrogens with zero attached hydrogens (tertiary/aromatic N) is 4. The van der Waals surface area contributed by atoms with Crippen molar-refractivity contribution in [1.82, 2.24) is 19.5 Å². The van der Waals surface area contributed by atoms with E-state index in [1.807, 2.05) is 32.2 Å². The van der Waals surface area contributed by atoms with Crippen LogP contribution in [-0.4, -0.2) is 26.5 Å². The van der Waals surface area contributed by atoms with E-state index < -0.39 is 0 Å². The molecule has 0 radical (unpaired) electrons. The predicted molar refractivity (Wildman–Crippen MR) is 83.5 cm³/mol. The van der Waals surface area contributed by atoms with Crippen molar-refractivity contribution >= 4 is 16.3 Å². The first-order valence-electron chi connectivity index (χ1n) is 6.71. The van der Waals surface area contributed by atoms with E-state index in [0.29, 0.717) is 11.5 Å². The van der Waals surface area contributed by atoms with Crippen molar-refractivity contribution in [3.63, 3.8) is 0 Å². The quantitative estimate of drug-likeness (QED) is 0.740. The molecule has 0 saturated carbocycles. The molecule has 1 aromatic carbocycles. The number of aromatic nitrogens is 3. The average Bonchev–Trinajstić information content (AvgIpc) is 2.82. The van der Waals surface area contributed by atoms with Crippen molar-refractivity contribution in [2.75, 3.05) is 7.05 Å². The molecule has 0 amide bonds. The molecule has 0 N–H and O–H groups in total. The van der Waals surface area contributed by atoms with Crippen molar-refractivity contribution in [2.24, 2.45) is 0 Å². The number of hydrogen-bond acceptors (Lipinski definition) is 5. The van der Waals surface area contributed by atoms with E-state index in [2.05, 4.69) is 27.1 Å². The van der Waals surface area contributed by atoms with Crippen molar-refractivity contribution in [1.29, 1.82) is 0 Å². The van der Waals surface area contributed by atoms with Gasteiger partial charge in [-0.2, -0.15) is 9.61 Å². The second-order valence-electron chi connectivity index (χ2n) is 5.08. The van der Waals surface area contributed by atoms with Crippen molar-refractivity contribution in [3.8, 4) is 0 Å². The van der Waals surface area contributed by atoms with Gasteiger partial charge in [0.1, 0.15) is 5.01 Å². The highest BCUT2D eigenvalue weighted by Crippen LogP contribution is 2.14. The van der Waals surface area contributed by atoms with Crippen LogP contribution < -0.4 is 5.56 Å². The summed E-state index contributed by atoms with van der Waals surface area (Å²) in [4.78, 5) is 19.0. The van der Waals surface area contributed by atoms with E-state index >= 15 is 0 Å². The van der Waals surface area contributed by atoms with Crippen LogP contribution in [0.1, 0.15) is 16.3 Å². The zero-order valence-corrected chi connectivity index (χ0v) is 12.8. The largest absolute Gasteiger partial charge is 0.295 e. The molecule has 21 heavy (non-hydrogen) atoms. The highest BCUT2D eigenvalue weighted by molar-refractivity contribution is 7.16. The summed E-state index contributed by atoms with van der Waals surface area (Å²) in [6, 6.07) is 11.8. The first-order valence-corrected chi connectivity index (χ1v) is 7.52. The van der Waals surface area contributed by atoms with Gasteiger partial charge >= 0.3 is 0 Å². The maximum Gasteiger partial charge on any atom is 0.275 e. The summed E-state index contributed by atoms with van der Waals surface area (Å²) >= 11 is 1.46. The third-order valence-electron chi connectivity index (χ3n) is 3.12. The molecule has 0 unspecified atom stereocenters. The van der Waals surface area contributed by atoms with Crippen LogP contribution in [0.5, 0.6) is 0 Å². The van der Waals surface area contributed by atoms with Crippen LogP contribution in [-0.2, 0) is 13.1 Å². The number of hydrogen-bond donors (Lipinski definition) is 0. The molecule has 0 fully saturated rings. The van der Waals surface area contributed by atoms with Gasteiger partial charge in [0.15, 0.2) is 0 Å². The van der Waals surface area contributed by atoms with Crippen LogP contribution in [0, 0.1) is 6.92 Å². The lowest BCUT2D eigenvalue weighted by atomic mass is 10.2. The van der Waals surface area contributed by atoms with Gasteiger partial charge in [0.05, 0.1) is 6.54 Å². The number of benzene rings is 1. The SMILES string of the molecule is Cc1cc(=O)n2nc(CN(C)Cc3ccccc3)sc2n1. The number of fused-ring (bicyclic) bond motifs is 1. The van der Waals surface area contributed by atoms with Gasteiger partial charge in [0, 0.05) is 18.3 Å². The average molecular weight is 300 g/mol. The Bertz CT molecular complexity index is 809. The van der Waals surface area contributed by atoms with Crippen molar-refractivity contribution in [2.45, 2.75) is 20.0 Å². The van der Waals surface area contributed by atoms with Gasteiger partial charge in [0.2, 0.25) is 4.96 Å². The minimum atomic E-state index is -0.120. The van der Waals surface area contributed by atoms with Crippen LogP contribution in [0.4, 0.5) is 0 Å². The Kier molecular flexibility index (Phi) is 3.81. The Hall–Kier alpha value is -2.05. The van der Waals surface area contributed by atoms with Gasteiger partial charge < -0.3 is 0 Å². The van der Waals surface area contributed by atoms with E-state index in [1.165, 1.54) is 27.5 Å². The molecular formula is C15H16N4OS. The Morgan fingerprint density at radius 3 is 2.76 bits per heavy atom. The standard InChI is InChI=1S/C15H16N4OS/c1-11-8-14(20)19-15(16-11)21-13(17-19)10-18(2)9-12-6-4-3-5-7-12/h3-8H,9-10H2,1-2H3. The summed E-state index contributed by atoms with van der Waals surface area (Å²) in [5.41, 5.74) is 1.87. The van der Waals surface area contributed by atoms with E-state index in [1.54, 1.807) is 0 Å². The topological polar surface area (TPSA) is 50.5 Å². The third-order valence-corrected chi connectivity index (χ3v) is 4.01. The van der Waals surface area contributed by atoms with Gasteiger partial charge in [-0.15, -0.1) is 0 Å². The van der Waals surface area contributed by atoms with Crippen LogP contribution in [0.25, 0.3) is 4.96 Å². The lowest BCUT2D eigenvalue weighted by Crippen LogP contribution is -2.18. The first kappa shape index (κ1) is 13.9. The summed E-state index contributed by atoms with van der Waals surface area (Å²) in [6.45, 7) is 3.36. The molecule has 5 nitrogen and oxygen atoms in total. The maximum atomic E-state index is 11.8. The molecule has 0 aliphatic rings. The maximum absolute atomic E-state index is 11.8. The fourth-order valence-electron chi connectivity index (χ4n) is 2.21. The first-order chi connectivity index (χ1) is 10.1. The highest BCUT2D eigenvalue weighted by Gasteiger charge is 2.10. The molecule has 108 valence electrons. The Morgan fingerprint density at radius 2 is 2.00 bits per heavy atom. The van der Waals surface area contributed by atoms with Gasteiger partial charge in [0.25, 0.3) is 5.56 Å². The molecule has 0 saturated heterocycles. The summed E-state index contributed by atoms with van der Waals surface area (Å²) in [7, 11) is 2.04. The molecule has 3 rings (SSSR count). The van der Waals surface area contributed by atoms with Crippen LogP contribution in [0.2, 0.25) is 0 Å². The fourth-order valence-corrected chi connectivity index (χ4v) is 3.23. The van der Waals surface area contributed by atoms with Crippen molar-refractivity contribution < 1.29 is 0 Å². The number of aryl methyl sites for hydroxylation is 1. The molecule has 0 atom stereocenters. The second-order valence-corrected chi connectivity index (χ2v) is 6.12.